The Morgan fingerprint density at radius 3 is 2.78 bits per heavy atom. The second kappa shape index (κ2) is 7.83. The van der Waals surface area contributed by atoms with Crippen LogP contribution in [0.15, 0.2) is 28.0 Å². The summed E-state index contributed by atoms with van der Waals surface area (Å²) in [5.74, 6) is 0.824. The first-order chi connectivity index (χ1) is 12.9. The number of aryl methyl sites for hydroxylation is 1. The van der Waals surface area contributed by atoms with Crippen molar-refractivity contribution in [3.8, 4) is 11.6 Å². The molecule has 0 radical (unpaired) electrons. The quantitative estimate of drug-likeness (QED) is 0.377. The number of esters is 1. The zero-order valence-electron chi connectivity index (χ0n) is 15.5. The molecule has 27 heavy (non-hydrogen) atoms. The minimum Gasteiger partial charge on any atom is -0.461 e. The van der Waals surface area contributed by atoms with E-state index in [4.69, 9.17) is 9.15 Å². The zero-order valence-corrected chi connectivity index (χ0v) is 16.3. The van der Waals surface area contributed by atoms with Gasteiger partial charge < -0.3 is 18.7 Å². The first-order valence-corrected chi connectivity index (χ1v) is 9.38. The molecule has 1 N–H and O–H groups in total. The van der Waals surface area contributed by atoms with E-state index in [0.717, 1.165) is 0 Å². The van der Waals surface area contributed by atoms with Gasteiger partial charge in [-0.2, -0.15) is 0 Å². The highest BCUT2D eigenvalue weighted by Crippen LogP contribution is 2.25. The van der Waals surface area contributed by atoms with Crippen LogP contribution in [0.1, 0.15) is 39.0 Å². The van der Waals surface area contributed by atoms with E-state index in [1.165, 1.54) is 11.8 Å². The molecule has 0 aliphatic rings. The molecule has 0 amide bonds. The van der Waals surface area contributed by atoms with E-state index >= 15 is 0 Å². The van der Waals surface area contributed by atoms with Crippen LogP contribution in [-0.2, 0) is 11.8 Å². The van der Waals surface area contributed by atoms with Crippen LogP contribution in [0.3, 0.4) is 0 Å². The standard InChI is InChI=1S/C18H20N4O4S/c1-5-25-17(24)15-10(2)14(11(3)19-15)12(23)9-27-18-21-20-16(22(18)4)13-7-6-8-26-13/h6-8,19H,5,9H2,1-4H3. The maximum absolute atomic E-state index is 12.7. The van der Waals surface area contributed by atoms with Crippen LogP contribution in [0, 0.1) is 13.8 Å². The lowest BCUT2D eigenvalue weighted by Crippen LogP contribution is -2.08. The average molecular weight is 388 g/mol. The number of carbonyl (C=O) groups excluding carboxylic acids is 2. The molecule has 3 heterocycles. The molecule has 3 rings (SSSR count). The van der Waals surface area contributed by atoms with E-state index < -0.39 is 5.97 Å². The monoisotopic (exact) mass is 388 g/mol. The number of nitrogens with zero attached hydrogens (tertiary/aromatic N) is 3. The maximum Gasteiger partial charge on any atom is 0.355 e. The highest BCUT2D eigenvalue weighted by molar-refractivity contribution is 7.99. The number of hydrogen-bond donors (Lipinski definition) is 1. The third-order valence-electron chi connectivity index (χ3n) is 4.10. The molecule has 0 aliphatic carbocycles. The molecule has 0 aliphatic heterocycles. The predicted octanol–water partition coefficient (Wildman–Crippen LogP) is 3.17. The Bertz CT molecular complexity index is 972. The van der Waals surface area contributed by atoms with Crippen molar-refractivity contribution in [3.05, 3.63) is 40.9 Å². The SMILES string of the molecule is CCOC(=O)c1[nH]c(C)c(C(=O)CSc2nnc(-c3ccco3)n2C)c1C. The number of rotatable bonds is 7. The molecule has 0 saturated heterocycles. The number of aromatic amines is 1. The predicted molar refractivity (Wildman–Crippen MR) is 100.0 cm³/mol. The van der Waals surface area contributed by atoms with Gasteiger partial charge >= 0.3 is 5.97 Å². The number of aromatic nitrogens is 4. The molecule has 9 heteroatoms. The van der Waals surface area contributed by atoms with E-state index in [0.29, 0.717) is 39.3 Å². The molecule has 8 nitrogen and oxygen atoms in total. The highest BCUT2D eigenvalue weighted by Gasteiger charge is 2.23. The lowest BCUT2D eigenvalue weighted by Gasteiger charge is -2.04. The van der Waals surface area contributed by atoms with E-state index in [9.17, 15) is 9.59 Å². The topological polar surface area (TPSA) is 103 Å². The normalized spacial score (nSPS) is 11.0. The van der Waals surface area contributed by atoms with Crippen molar-refractivity contribution < 1.29 is 18.7 Å². The van der Waals surface area contributed by atoms with Gasteiger partial charge in [0.2, 0.25) is 0 Å². The van der Waals surface area contributed by atoms with Crippen LogP contribution < -0.4 is 0 Å². The van der Waals surface area contributed by atoms with Gasteiger partial charge in [0.05, 0.1) is 18.6 Å². The number of Topliss-reactive ketones (excluding diaryl/α,β-unsaturated/α-hetero) is 1. The first-order valence-electron chi connectivity index (χ1n) is 8.39. The molecular weight excluding hydrogens is 368 g/mol. The summed E-state index contributed by atoms with van der Waals surface area (Å²) in [6, 6.07) is 3.58. The first kappa shape index (κ1) is 19.0. The Balaban J connectivity index is 1.75. The Morgan fingerprint density at radius 2 is 2.11 bits per heavy atom. The highest BCUT2D eigenvalue weighted by atomic mass is 32.2. The molecule has 3 aromatic rings. The largest absolute Gasteiger partial charge is 0.461 e. The van der Waals surface area contributed by atoms with Crippen LogP contribution in [0.4, 0.5) is 0 Å². The fourth-order valence-corrected chi connectivity index (χ4v) is 3.62. The Labute approximate surface area is 160 Å². The summed E-state index contributed by atoms with van der Waals surface area (Å²) in [6.07, 6.45) is 1.57. The molecule has 0 bridgehead atoms. The Morgan fingerprint density at radius 1 is 1.33 bits per heavy atom. The number of ether oxygens (including phenoxy) is 1. The van der Waals surface area contributed by atoms with E-state index in [1.807, 2.05) is 7.05 Å². The average Bonchev–Trinajstić information content (AvgIpc) is 3.33. The number of furan rings is 1. The lowest BCUT2D eigenvalue weighted by atomic mass is 10.1. The van der Waals surface area contributed by atoms with Gasteiger partial charge in [0, 0.05) is 18.3 Å². The number of carbonyl (C=O) groups is 2. The number of H-pyrrole nitrogens is 1. The molecule has 0 spiro atoms. The number of thioether (sulfide) groups is 1. The van der Waals surface area contributed by atoms with Crippen molar-refractivity contribution in [2.24, 2.45) is 7.05 Å². The molecule has 142 valence electrons. The van der Waals surface area contributed by atoms with Gasteiger partial charge in [-0.1, -0.05) is 11.8 Å². The van der Waals surface area contributed by atoms with Gasteiger partial charge in [0.15, 0.2) is 22.5 Å². The Hall–Kier alpha value is -2.81. The van der Waals surface area contributed by atoms with Crippen molar-refractivity contribution >= 4 is 23.5 Å². The molecule has 0 aromatic carbocycles. The molecule has 3 aromatic heterocycles. The van der Waals surface area contributed by atoms with Gasteiger partial charge in [0.25, 0.3) is 0 Å². The second-order valence-electron chi connectivity index (χ2n) is 5.90. The van der Waals surface area contributed by atoms with Crippen LogP contribution >= 0.6 is 11.8 Å². The summed E-state index contributed by atoms with van der Waals surface area (Å²) >= 11 is 1.28. The fraction of sp³-hybridized carbons (Fsp3) is 0.333. The van der Waals surface area contributed by atoms with Crippen molar-refractivity contribution in [3.63, 3.8) is 0 Å². The summed E-state index contributed by atoms with van der Waals surface area (Å²) in [7, 11) is 1.82. The van der Waals surface area contributed by atoms with E-state index in [1.54, 1.807) is 43.7 Å². The van der Waals surface area contributed by atoms with Crippen LogP contribution in [0.5, 0.6) is 0 Å². The lowest BCUT2D eigenvalue weighted by molar-refractivity contribution is 0.0519. The van der Waals surface area contributed by atoms with Gasteiger partial charge in [-0.25, -0.2) is 4.79 Å². The molecule has 0 atom stereocenters. The number of nitrogens with one attached hydrogen (secondary N) is 1. The van der Waals surface area contributed by atoms with Gasteiger partial charge in [-0.05, 0) is 38.5 Å². The summed E-state index contributed by atoms with van der Waals surface area (Å²) in [4.78, 5) is 27.7. The molecule has 0 fully saturated rings. The minimum atomic E-state index is -0.457. The van der Waals surface area contributed by atoms with Crippen molar-refractivity contribution in [1.82, 2.24) is 19.7 Å². The summed E-state index contributed by atoms with van der Waals surface area (Å²) in [5.41, 5.74) is 2.08. The van der Waals surface area contributed by atoms with E-state index in [-0.39, 0.29) is 18.1 Å². The summed E-state index contributed by atoms with van der Waals surface area (Å²) < 4.78 is 12.1. The zero-order chi connectivity index (χ0) is 19.6. The van der Waals surface area contributed by atoms with Crippen LogP contribution in [0.25, 0.3) is 11.6 Å². The van der Waals surface area contributed by atoms with Crippen molar-refractivity contribution in [1.29, 1.82) is 0 Å². The Kier molecular flexibility index (Phi) is 5.50. The molecule has 0 saturated carbocycles. The van der Waals surface area contributed by atoms with Gasteiger partial charge in [-0.15, -0.1) is 10.2 Å². The van der Waals surface area contributed by atoms with Crippen molar-refractivity contribution in [2.45, 2.75) is 25.9 Å². The minimum absolute atomic E-state index is 0.0932. The van der Waals surface area contributed by atoms with Gasteiger partial charge in [0.1, 0.15) is 5.69 Å². The number of ketones is 1. The number of hydrogen-bond acceptors (Lipinski definition) is 7. The maximum atomic E-state index is 12.7. The fourth-order valence-electron chi connectivity index (χ4n) is 2.84. The smallest absolute Gasteiger partial charge is 0.355 e. The van der Waals surface area contributed by atoms with Crippen molar-refractivity contribution in [2.75, 3.05) is 12.4 Å². The summed E-state index contributed by atoms with van der Waals surface area (Å²) in [6.45, 7) is 5.53. The van der Waals surface area contributed by atoms with Gasteiger partial charge in [-0.3, -0.25) is 4.79 Å². The molecule has 0 unspecified atom stereocenters. The van der Waals surface area contributed by atoms with Crippen LogP contribution in [-0.4, -0.2) is 43.9 Å². The third-order valence-corrected chi connectivity index (χ3v) is 5.12. The molecular formula is C18H20N4O4S. The third kappa shape index (κ3) is 3.68. The van der Waals surface area contributed by atoms with E-state index in [2.05, 4.69) is 15.2 Å². The summed E-state index contributed by atoms with van der Waals surface area (Å²) in [5, 5.41) is 8.84. The second-order valence-corrected chi connectivity index (χ2v) is 6.84. The van der Waals surface area contributed by atoms with Crippen LogP contribution in [0.2, 0.25) is 0 Å².